The van der Waals surface area contributed by atoms with Gasteiger partial charge in [0, 0.05) is 38.1 Å². The predicted octanol–water partition coefficient (Wildman–Crippen LogP) is 1.16. The number of aromatic amines is 1. The molecule has 0 saturated carbocycles. The van der Waals surface area contributed by atoms with Gasteiger partial charge in [-0.1, -0.05) is 12.1 Å². The molecule has 2 heterocycles. The highest BCUT2D eigenvalue weighted by atomic mass is 32.2. The summed E-state index contributed by atoms with van der Waals surface area (Å²) < 4.78 is 32.6. The second-order valence-electron chi connectivity index (χ2n) is 5.82. The van der Waals surface area contributed by atoms with Gasteiger partial charge in [0.1, 0.15) is 0 Å². The van der Waals surface area contributed by atoms with E-state index >= 15 is 0 Å². The lowest BCUT2D eigenvalue weighted by Gasteiger charge is -2.12. The summed E-state index contributed by atoms with van der Waals surface area (Å²) in [6.07, 6.45) is 3.60. The Morgan fingerprint density at radius 2 is 2.04 bits per heavy atom. The van der Waals surface area contributed by atoms with Gasteiger partial charge in [0.25, 0.3) is 0 Å². The third-order valence-corrected chi connectivity index (χ3v) is 5.40. The maximum absolute atomic E-state index is 12.3. The first-order valence-corrected chi connectivity index (χ1v) is 9.51. The monoisotopic (exact) mass is 350 g/mol. The Hall–Kier alpha value is -1.74. The van der Waals surface area contributed by atoms with E-state index < -0.39 is 10.0 Å². The van der Waals surface area contributed by atoms with Crippen LogP contribution in [0.15, 0.2) is 41.4 Å². The van der Waals surface area contributed by atoms with Gasteiger partial charge in [0.05, 0.1) is 11.0 Å². The van der Waals surface area contributed by atoms with Crippen molar-refractivity contribution in [2.24, 2.45) is 0 Å². The van der Waals surface area contributed by atoms with Crippen LogP contribution < -0.4 is 10.0 Å². The Morgan fingerprint density at radius 3 is 2.71 bits per heavy atom. The molecule has 1 saturated heterocycles. The lowest BCUT2D eigenvalue weighted by molar-refractivity contribution is 0.114. The Morgan fingerprint density at radius 1 is 1.21 bits per heavy atom. The fraction of sp³-hybridized carbons (Fsp3) is 0.438. The first-order chi connectivity index (χ1) is 11.6. The molecule has 1 atom stereocenters. The third kappa shape index (κ3) is 4.64. The standard InChI is InChI=1S/C16H22N4O3S/c21-24(22,19-12-15-2-1-9-23-15)16-5-3-13(4-6-16)10-17-11-14-7-8-18-20-14/h3-8,15,17,19H,1-2,9-12H2,(H,18,20). The van der Waals surface area contributed by atoms with Crippen LogP contribution in [0.5, 0.6) is 0 Å². The van der Waals surface area contributed by atoms with E-state index in [2.05, 4.69) is 20.2 Å². The van der Waals surface area contributed by atoms with Crippen molar-refractivity contribution in [1.82, 2.24) is 20.2 Å². The molecule has 0 bridgehead atoms. The van der Waals surface area contributed by atoms with E-state index in [4.69, 9.17) is 4.74 Å². The number of hydrogen-bond donors (Lipinski definition) is 3. The zero-order valence-corrected chi connectivity index (χ0v) is 14.2. The molecule has 24 heavy (non-hydrogen) atoms. The van der Waals surface area contributed by atoms with Crippen LogP contribution in [0.2, 0.25) is 0 Å². The maximum Gasteiger partial charge on any atom is 0.240 e. The van der Waals surface area contributed by atoms with Gasteiger partial charge in [-0.05, 0) is 36.6 Å². The fourth-order valence-electron chi connectivity index (χ4n) is 2.60. The van der Waals surface area contributed by atoms with Gasteiger partial charge in [-0.25, -0.2) is 13.1 Å². The van der Waals surface area contributed by atoms with E-state index in [1.54, 1.807) is 18.3 Å². The van der Waals surface area contributed by atoms with Gasteiger partial charge < -0.3 is 10.1 Å². The number of nitrogens with zero attached hydrogens (tertiary/aromatic N) is 1. The Bertz CT molecular complexity index is 723. The van der Waals surface area contributed by atoms with Gasteiger partial charge in [-0.15, -0.1) is 0 Å². The summed E-state index contributed by atoms with van der Waals surface area (Å²) in [5.74, 6) is 0. The average Bonchev–Trinajstić information content (AvgIpc) is 3.27. The van der Waals surface area contributed by atoms with Crippen LogP contribution >= 0.6 is 0 Å². The highest BCUT2D eigenvalue weighted by Crippen LogP contribution is 2.14. The number of sulfonamides is 1. The molecule has 0 radical (unpaired) electrons. The quantitative estimate of drug-likeness (QED) is 0.664. The Kier molecular flexibility index (Phi) is 5.62. The second kappa shape index (κ2) is 7.89. The number of ether oxygens (including phenoxy) is 1. The largest absolute Gasteiger partial charge is 0.377 e. The summed E-state index contributed by atoms with van der Waals surface area (Å²) in [6.45, 7) is 2.38. The molecule has 1 aliphatic heterocycles. The first kappa shape index (κ1) is 17.1. The number of aromatic nitrogens is 2. The number of benzene rings is 1. The van der Waals surface area contributed by atoms with Crippen molar-refractivity contribution in [3.8, 4) is 0 Å². The van der Waals surface area contributed by atoms with Gasteiger partial charge in [0.2, 0.25) is 10.0 Å². The summed E-state index contributed by atoms with van der Waals surface area (Å²) in [6, 6.07) is 8.81. The molecule has 0 amide bonds. The number of rotatable bonds is 8. The molecule has 1 unspecified atom stereocenters. The first-order valence-electron chi connectivity index (χ1n) is 8.03. The molecule has 3 rings (SSSR count). The molecule has 1 aromatic carbocycles. The smallest absolute Gasteiger partial charge is 0.240 e. The number of H-pyrrole nitrogens is 1. The van der Waals surface area contributed by atoms with E-state index in [1.807, 2.05) is 18.2 Å². The van der Waals surface area contributed by atoms with Gasteiger partial charge in [-0.2, -0.15) is 5.10 Å². The Labute approximate surface area is 141 Å². The van der Waals surface area contributed by atoms with Gasteiger partial charge in [-0.3, -0.25) is 5.10 Å². The summed E-state index contributed by atoms with van der Waals surface area (Å²) >= 11 is 0. The normalized spacial score (nSPS) is 18.1. The summed E-state index contributed by atoms with van der Waals surface area (Å²) in [4.78, 5) is 0.276. The SMILES string of the molecule is O=S(=O)(NCC1CCCO1)c1ccc(CNCc2ccn[nH]2)cc1. The lowest BCUT2D eigenvalue weighted by Crippen LogP contribution is -2.31. The van der Waals surface area contributed by atoms with Crippen LogP contribution in [0, 0.1) is 0 Å². The zero-order chi connectivity index (χ0) is 16.8. The molecule has 2 aromatic rings. The second-order valence-corrected chi connectivity index (χ2v) is 7.58. The molecule has 1 fully saturated rings. The van der Waals surface area contributed by atoms with Crippen molar-refractivity contribution in [3.05, 3.63) is 47.8 Å². The van der Waals surface area contributed by atoms with E-state index in [1.165, 1.54) is 0 Å². The van der Waals surface area contributed by atoms with Crippen LogP contribution in [0.25, 0.3) is 0 Å². The minimum Gasteiger partial charge on any atom is -0.377 e. The van der Waals surface area contributed by atoms with E-state index in [9.17, 15) is 8.42 Å². The molecule has 0 aliphatic carbocycles. The number of nitrogens with one attached hydrogen (secondary N) is 3. The molecule has 3 N–H and O–H groups in total. The summed E-state index contributed by atoms with van der Waals surface area (Å²) in [7, 11) is -3.48. The highest BCUT2D eigenvalue weighted by Gasteiger charge is 2.20. The van der Waals surface area contributed by atoms with E-state index in [-0.39, 0.29) is 11.0 Å². The van der Waals surface area contributed by atoms with E-state index in [0.29, 0.717) is 26.2 Å². The lowest BCUT2D eigenvalue weighted by atomic mass is 10.2. The fourth-order valence-corrected chi connectivity index (χ4v) is 3.67. The van der Waals surface area contributed by atoms with Crippen LogP contribution in [0.3, 0.4) is 0 Å². The van der Waals surface area contributed by atoms with E-state index in [0.717, 1.165) is 24.1 Å². The Balaban J connectivity index is 1.50. The van der Waals surface area contributed by atoms with Crippen molar-refractivity contribution >= 4 is 10.0 Å². The molecule has 130 valence electrons. The van der Waals surface area contributed by atoms with Crippen molar-refractivity contribution < 1.29 is 13.2 Å². The zero-order valence-electron chi connectivity index (χ0n) is 13.4. The molecule has 0 spiro atoms. The van der Waals surface area contributed by atoms with Crippen molar-refractivity contribution in [2.75, 3.05) is 13.2 Å². The minimum absolute atomic E-state index is 0.00858. The average molecular weight is 350 g/mol. The van der Waals surface area contributed by atoms with Crippen LogP contribution in [0.1, 0.15) is 24.1 Å². The van der Waals surface area contributed by atoms with Crippen molar-refractivity contribution in [2.45, 2.75) is 36.9 Å². The maximum atomic E-state index is 12.3. The molecular formula is C16H22N4O3S. The third-order valence-electron chi connectivity index (χ3n) is 3.96. The topological polar surface area (TPSA) is 96.1 Å². The molecular weight excluding hydrogens is 328 g/mol. The van der Waals surface area contributed by atoms with Crippen LogP contribution in [0.4, 0.5) is 0 Å². The molecule has 1 aliphatic rings. The predicted molar refractivity (Wildman–Crippen MR) is 89.7 cm³/mol. The molecule has 1 aromatic heterocycles. The van der Waals surface area contributed by atoms with Gasteiger partial charge >= 0.3 is 0 Å². The van der Waals surface area contributed by atoms with Crippen LogP contribution in [-0.2, 0) is 27.8 Å². The minimum atomic E-state index is -3.48. The van der Waals surface area contributed by atoms with Crippen molar-refractivity contribution in [3.63, 3.8) is 0 Å². The number of hydrogen-bond acceptors (Lipinski definition) is 5. The molecule has 7 nitrogen and oxygen atoms in total. The highest BCUT2D eigenvalue weighted by molar-refractivity contribution is 7.89. The van der Waals surface area contributed by atoms with Crippen LogP contribution in [-0.4, -0.2) is 37.9 Å². The van der Waals surface area contributed by atoms with Crippen molar-refractivity contribution in [1.29, 1.82) is 0 Å². The van der Waals surface area contributed by atoms with Gasteiger partial charge in [0.15, 0.2) is 0 Å². The summed E-state index contributed by atoms with van der Waals surface area (Å²) in [5, 5.41) is 10.0. The summed E-state index contributed by atoms with van der Waals surface area (Å²) in [5.41, 5.74) is 2.03. The molecule has 8 heteroatoms.